The Morgan fingerprint density at radius 3 is 2.17 bits per heavy atom. The highest BCUT2D eigenvalue weighted by atomic mass is 35.5. The number of hydrogen-bond donors (Lipinski definition) is 2. The highest BCUT2D eigenvalue weighted by Crippen LogP contribution is 2.59. The second-order valence-electron chi connectivity index (χ2n) is 10.2. The molecular formula is C23H30ClF3N2O. The molecule has 0 aliphatic heterocycles. The van der Waals surface area contributed by atoms with Gasteiger partial charge in [0.2, 0.25) is 5.91 Å². The van der Waals surface area contributed by atoms with Crippen LogP contribution < -0.4 is 10.6 Å². The van der Waals surface area contributed by atoms with E-state index in [1.807, 2.05) is 13.8 Å². The van der Waals surface area contributed by atoms with Crippen LogP contribution in [0.2, 0.25) is 5.02 Å². The van der Waals surface area contributed by atoms with E-state index in [1.165, 1.54) is 44.6 Å². The highest BCUT2D eigenvalue weighted by Gasteiger charge is 2.50. The number of amides is 1. The van der Waals surface area contributed by atoms with Crippen LogP contribution in [0.4, 0.5) is 18.9 Å². The van der Waals surface area contributed by atoms with Crippen LogP contribution >= 0.6 is 11.6 Å². The van der Waals surface area contributed by atoms with Crippen molar-refractivity contribution in [2.24, 2.45) is 29.1 Å². The molecule has 2 N–H and O–H groups in total. The zero-order valence-corrected chi connectivity index (χ0v) is 18.2. The molecule has 4 fully saturated rings. The molecule has 0 aromatic heterocycles. The van der Waals surface area contributed by atoms with Crippen LogP contribution in [-0.2, 0) is 11.0 Å². The van der Waals surface area contributed by atoms with Crippen LogP contribution in [0.1, 0.15) is 57.9 Å². The van der Waals surface area contributed by atoms with E-state index in [9.17, 15) is 18.0 Å². The average Bonchev–Trinajstić information content (AvgIpc) is 2.63. The zero-order chi connectivity index (χ0) is 21.7. The molecule has 4 saturated carbocycles. The van der Waals surface area contributed by atoms with Crippen LogP contribution in [0.15, 0.2) is 18.2 Å². The molecule has 4 bridgehead atoms. The van der Waals surface area contributed by atoms with E-state index in [4.69, 9.17) is 11.6 Å². The molecule has 1 atom stereocenters. The molecule has 30 heavy (non-hydrogen) atoms. The van der Waals surface area contributed by atoms with Crippen LogP contribution in [0, 0.1) is 29.1 Å². The third-order valence-corrected chi connectivity index (χ3v) is 7.67. The Morgan fingerprint density at radius 1 is 1.13 bits per heavy atom. The number of nitrogens with one attached hydrogen (secondary N) is 2. The van der Waals surface area contributed by atoms with E-state index in [0.29, 0.717) is 12.2 Å². The molecule has 1 unspecified atom stereocenters. The molecule has 4 aliphatic rings. The maximum absolute atomic E-state index is 13.0. The number of halogens is 4. The van der Waals surface area contributed by atoms with Crippen LogP contribution in [0.5, 0.6) is 0 Å². The van der Waals surface area contributed by atoms with Gasteiger partial charge in [0, 0.05) is 6.54 Å². The lowest BCUT2D eigenvalue weighted by Crippen LogP contribution is -2.53. The van der Waals surface area contributed by atoms with Crippen molar-refractivity contribution in [1.82, 2.24) is 5.32 Å². The van der Waals surface area contributed by atoms with Gasteiger partial charge in [-0.1, -0.05) is 25.4 Å². The summed E-state index contributed by atoms with van der Waals surface area (Å²) >= 11 is 6.08. The van der Waals surface area contributed by atoms with E-state index in [0.717, 1.165) is 29.9 Å². The Labute approximate surface area is 181 Å². The van der Waals surface area contributed by atoms with Crippen molar-refractivity contribution in [1.29, 1.82) is 0 Å². The van der Waals surface area contributed by atoms with Crippen LogP contribution in [0.25, 0.3) is 0 Å². The van der Waals surface area contributed by atoms with Crippen molar-refractivity contribution in [3.8, 4) is 0 Å². The summed E-state index contributed by atoms with van der Waals surface area (Å²) in [6.07, 6.45) is 3.26. The van der Waals surface area contributed by atoms with E-state index in [1.54, 1.807) is 0 Å². The van der Waals surface area contributed by atoms with Gasteiger partial charge in [0.05, 0.1) is 16.3 Å². The first-order valence-corrected chi connectivity index (χ1v) is 11.3. The minimum Gasteiger partial charge on any atom is -0.372 e. The monoisotopic (exact) mass is 442 g/mol. The summed E-state index contributed by atoms with van der Waals surface area (Å²) in [5.74, 6) is 2.30. The molecule has 0 spiro atoms. The number of alkyl halides is 3. The van der Waals surface area contributed by atoms with Gasteiger partial charge in [-0.15, -0.1) is 0 Å². The number of carbonyl (C=O) groups excluding carboxylic acids is 1. The third-order valence-electron chi connectivity index (χ3n) is 7.36. The van der Waals surface area contributed by atoms with Crippen molar-refractivity contribution in [2.45, 2.75) is 64.6 Å². The van der Waals surface area contributed by atoms with Gasteiger partial charge in [0.25, 0.3) is 0 Å². The first kappa shape index (κ1) is 21.8. The smallest absolute Gasteiger partial charge is 0.372 e. The molecule has 0 saturated heterocycles. The maximum atomic E-state index is 13.0. The molecule has 1 amide bonds. The van der Waals surface area contributed by atoms with Crippen LogP contribution in [-0.4, -0.2) is 18.5 Å². The number of carbonyl (C=O) groups is 1. The average molecular weight is 443 g/mol. The summed E-state index contributed by atoms with van der Waals surface area (Å²) in [7, 11) is 0. The summed E-state index contributed by atoms with van der Waals surface area (Å²) in [4.78, 5) is 13.0. The summed E-state index contributed by atoms with van der Waals surface area (Å²) in [6.45, 7) is 4.53. The van der Waals surface area contributed by atoms with Crippen molar-refractivity contribution >= 4 is 23.2 Å². The Morgan fingerprint density at radius 2 is 1.70 bits per heavy atom. The van der Waals surface area contributed by atoms with Crippen molar-refractivity contribution < 1.29 is 18.0 Å². The van der Waals surface area contributed by atoms with Gasteiger partial charge in [-0.25, -0.2) is 0 Å². The van der Waals surface area contributed by atoms with E-state index < -0.39 is 17.8 Å². The molecule has 1 aromatic carbocycles. The second kappa shape index (κ2) is 7.92. The number of benzene rings is 1. The fraction of sp³-hybridized carbons (Fsp3) is 0.696. The lowest BCUT2D eigenvalue weighted by atomic mass is 9.49. The predicted molar refractivity (Wildman–Crippen MR) is 112 cm³/mol. The second-order valence-corrected chi connectivity index (χ2v) is 10.6. The Balaban J connectivity index is 1.41. The van der Waals surface area contributed by atoms with E-state index in [2.05, 4.69) is 10.6 Å². The lowest BCUT2D eigenvalue weighted by Gasteiger charge is -2.57. The largest absolute Gasteiger partial charge is 0.416 e. The molecule has 1 aromatic rings. The predicted octanol–water partition coefficient (Wildman–Crippen LogP) is 6.13. The number of anilines is 1. The van der Waals surface area contributed by atoms with Gasteiger partial charge in [0.15, 0.2) is 0 Å². The summed E-state index contributed by atoms with van der Waals surface area (Å²) in [5, 5.41) is 6.21. The minimum absolute atomic E-state index is 0.0376. The molecule has 166 valence electrons. The quantitative estimate of drug-likeness (QED) is 0.556. The SMILES string of the molecule is CC(C)C(Nc1ccc(C(F)(F)F)cc1Cl)C(=O)NCC12CC3CC(CC(C3)C1)C2. The Kier molecular flexibility index (Phi) is 5.75. The minimum atomic E-state index is -4.45. The highest BCUT2D eigenvalue weighted by molar-refractivity contribution is 6.33. The summed E-state index contributed by atoms with van der Waals surface area (Å²) < 4.78 is 38.7. The van der Waals surface area contributed by atoms with Gasteiger partial charge in [0.1, 0.15) is 6.04 Å². The van der Waals surface area contributed by atoms with Crippen molar-refractivity contribution in [2.75, 3.05) is 11.9 Å². The van der Waals surface area contributed by atoms with E-state index >= 15 is 0 Å². The fourth-order valence-electron chi connectivity index (χ4n) is 6.40. The van der Waals surface area contributed by atoms with Crippen molar-refractivity contribution in [3.63, 3.8) is 0 Å². The maximum Gasteiger partial charge on any atom is 0.416 e. The van der Waals surface area contributed by atoms with Gasteiger partial charge in [-0.2, -0.15) is 13.2 Å². The van der Waals surface area contributed by atoms with E-state index in [-0.39, 0.29) is 22.3 Å². The molecule has 0 radical (unpaired) electrons. The Hall–Kier alpha value is -1.43. The van der Waals surface area contributed by atoms with Gasteiger partial charge in [-0.3, -0.25) is 4.79 Å². The van der Waals surface area contributed by atoms with Gasteiger partial charge in [-0.05, 0) is 85.8 Å². The standard InChI is InChI=1S/C23H30ClF3N2O/c1-13(2)20(29-19-4-3-17(8-18(19)24)23(25,26)27)21(30)28-12-22-9-14-5-15(10-22)7-16(6-14)11-22/h3-4,8,13-16,20,29H,5-7,9-12H2,1-2H3,(H,28,30). The molecule has 3 nitrogen and oxygen atoms in total. The number of hydrogen-bond acceptors (Lipinski definition) is 2. The molecule has 7 heteroatoms. The topological polar surface area (TPSA) is 41.1 Å². The summed E-state index contributed by atoms with van der Waals surface area (Å²) in [5.41, 5.74) is -0.225. The normalized spacial score (nSPS) is 31.1. The Bertz CT molecular complexity index is 773. The lowest BCUT2D eigenvalue weighted by molar-refractivity contribution is -0.137. The van der Waals surface area contributed by atoms with Crippen LogP contribution in [0.3, 0.4) is 0 Å². The van der Waals surface area contributed by atoms with Crippen molar-refractivity contribution in [3.05, 3.63) is 28.8 Å². The number of rotatable bonds is 6. The van der Waals surface area contributed by atoms with Gasteiger partial charge < -0.3 is 10.6 Å². The molecule has 5 rings (SSSR count). The summed E-state index contributed by atoms with van der Waals surface area (Å²) in [6, 6.07) is 2.62. The van der Waals surface area contributed by atoms with Gasteiger partial charge >= 0.3 is 6.18 Å². The first-order chi connectivity index (χ1) is 14.0. The first-order valence-electron chi connectivity index (χ1n) is 11.0. The molecule has 4 aliphatic carbocycles. The third kappa shape index (κ3) is 4.44. The molecule has 0 heterocycles. The zero-order valence-electron chi connectivity index (χ0n) is 17.5. The molecular weight excluding hydrogens is 413 g/mol. The fourth-order valence-corrected chi connectivity index (χ4v) is 6.64.